The van der Waals surface area contributed by atoms with E-state index in [9.17, 15) is 22.8 Å². The summed E-state index contributed by atoms with van der Waals surface area (Å²) in [6.45, 7) is 0. The summed E-state index contributed by atoms with van der Waals surface area (Å²) in [5.74, 6) is -3.18. The van der Waals surface area contributed by atoms with Gasteiger partial charge in [0.25, 0.3) is 0 Å². The number of hydrogen-bond donors (Lipinski definition) is 0. The van der Waals surface area contributed by atoms with Crippen molar-refractivity contribution in [1.29, 1.82) is 0 Å². The minimum atomic E-state index is -4.80. The zero-order chi connectivity index (χ0) is 22.6. The van der Waals surface area contributed by atoms with Crippen molar-refractivity contribution in [3.63, 3.8) is 0 Å². The highest BCUT2D eigenvalue weighted by atomic mass is 35.5. The Kier molecular flexibility index (Phi) is 6.97. The Morgan fingerprint density at radius 3 is 2.26 bits per heavy atom. The molecule has 0 saturated heterocycles. The molecule has 8 heteroatoms. The summed E-state index contributed by atoms with van der Waals surface area (Å²) in [7, 11) is 1.42. The van der Waals surface area contributed by atoms with Gasteiger partial charge in [0.2, 0.25) is 11.6 Å². The van der Waals surface area contributed by atoms with Crippen LogP contribution in [0.5, 0.6) is 5.75 Å². The van der Waals surface area contributed by atoms with Crippen LogP contribution in [0.25, 0.3) is 0 Å². The van der Waals surface area contributed by atoms with Crippen LogP contribution in [0.3, 0.4) is 0 Å². The van der Waals surface area contributed by atoms with Crippen LogP contribution in [0, 0.1) is 11.8 Å². The predicted molar refractivity (Wildman–Crippen MR) is 109 cm³/mol. The number of methoxy groups -OCH3 is 1. The smallest absolute Gasteiger partial charge is 0.406 e. The highest BCUT2D eigenvalue weighted by Crippen LogP contribution is 2.38. The molecule has 162 valence electrons. The Labute approximate surface area is 181 Å². The van der Waals surface area contributed by atoms with Gasteiger partial charge in [-0.05, 0) is 23.8 Å². The molecule has 0 saturated carbocycles. The van der Waals surface area contributed by atoms with Gasteiger partial charge in [-0.15, -0.1) is 13.2 Å². The third-order valence-electron chi connectivity index (χ3n) is 4.84. The van der Waals surface area contributed by atoms with Gasteiger partial charge in [-0.1, -0.05) is 66.2 Å². The average molecular weight is 451 g/mol. The Morgan fingerprint density at radius 1 is 1.03 bits per heavy atom. The maximum atomic E-state index is 13.0. The van der Waals surface area contributed by atoms with E-state index in [0.717, 1.165) is 12.1 Å². The Hall–Kier alpha value is -2.90. The van der Waals surface area contributed by atoms with Gasteiger partial charge >= 0.3 is 6.36 Å². The zero-order valence-electron chi connectivity index (χ0n) is 16.3. The van der Waals surface area contributed by atoms with E-state index in [2.05, 4.69) is 4.74 Å². The third-order valence-corrected chi connectivity index (χ3v) is 5.09. The number of carbonyl (C=O) groups excluding carboxylic acids is 2. The number of ether oxygens (including phenoxy) is 2. The summed E-state index contributed by atoms with van der Waals surface area (Å²) in [6, 6.07) is 13.3. The molecular formula is C23H18ClF3O4. The van der Waals surface area contributed by atoms with Gasteiger partial charge in [0.05, 0.1) is 12.0 Å². The van der Waals surface area contributed by atoms with E-state index in [4.69, 9.17) is 16.3 Å². The summed E-state index contributed by atoms with van der Waals surface area (Å²) < 4.78 is 46.7. The van der Waals surface area contributed by atoms with E-state index in [1.165, 1.54) is 25.3 Å². The highest BCUT2D eigenvalue weighted by molar-refractivity contribution is 6.45. The number of benzene rings is 2. The maximum absolute atomic E-state index is 13.0. The summed E-state index contributed by atoms with van der Waals surface area (Å²) >= 11 is 6.09. The molecule has 3 atom stereocenters. The van der Waals surface area contributed by atoms with Crippen LogP contribution in [-0.4, -0.2) is 25.0 Å². The van der Waals surface area contributed by atoms with Crippen LogP contribution >= 0.6 is 11.6 Å². The number of halogens is 4. The van der Waals surface area contributed by atoms with Crippen molar-refractivity contribution in [1.82, 2.24) is 0 Å². The molecule has 0 bridgehead atoms. The van der Waals surface area contributed by atoms with Gasteiger partial charge in [0.1, 0.15) is 5.75 Å². The number of hydrogen-bond acceptors (Lipinski definition) is 4. The Morgan fingerprint density at radius 2 is 1.68 bits per heavy atom. The van der Waals surface area contributed by atoms with E-state index in [0.29, 0.717) is 10.6 Å². The Balaban J connectivity index is 1.88. The van der Waals surface area contributed by atoms with Crippen molar-refractivity contribution < 1.29 is 32.2 Å². The van der Waals surface area contributed by atoms with E-state index in [-0.39, 0.29) is 11.3 Å². The number of rotatable bonds is 7. The number of alkyl halides is 3. The molecule has 3 rings (SSSR count). The van der Waals surface area contributed by atoms with Crippen LogP contribution in [-0.2, 0) is 9.53 Å². The first-order valence-electron chi connectivity index (χ1n) is 9.27. The van der Waals surface area contributed by atoms with E-state index in [1.807, 2.05) is 0 Å². The maximum Gasteiger partial charge on any atom is 0.573 e. The first kappa shape index (κ1) is 22.8. The number of ketones is 2. The lowest BCUT2D eigenvalue weighted by Crippen LogP contribution is -2.33. The van der Waals surface area contributed by atoms with Crippen molar-refractivity contribution >= 4 is 23.2 Å². The van der Waals surface area contributed by atoms with Gasteiger partial charge in [0, 0.05) is 23.6 Å². The lowest BCUT2D eigenvalue weighted by molar-refractivity contribution is -0.274. The first-order chi connectivity index (χ1) is 14.7. The first-order valence-corrected chi connectivity index (χ1v) is 9.65. The summed E-state index contributed by atoms with van der Waals surface area (Å²) in [4.78, 5) is 25.7. The van der Waals surface area contributed by atoms with Crippen molar-refractivity contribution in [3.05, 3.63) is 89.0 Å². The van der Waals surface area contributed by atoms with E-state index >= 15 is 0 Å². The summed E-state index contributed by atoms with van der Waals surface area (Å²) in [6.07, 6.45) is -0.767. The third kappa shape index (κ3) is 5.62. The molecule has 0 fully saturated rings. The largest absolute Gasteiger partial charge is 0.573 e. The van der Waals surface area contributed by atoms with Crippen LogP contribution in [0.2, 0.25) is 0 Å². The monoisotopic (exact) mass is 450 g/mol. The molecule has 0 spiro atoms. The molecule has 2 aromatic rings. The molecule has 0 heterocycles. The molecule has 31 heavy (non-hydrogen) atoms. The number of carbonyl (C=O) groups is 2. The lowest BCUT2D eigenvalue weighted by atomic mass is 9.77. The van der Waals surface area contributed by atoms with E-state index in [1.54, 1.807) is 42.5 Å². The second kappa shape index (κ2) is 9.49. The normalized spacial score (nSPS) is 19.5. The van der Waals surface area contributed by atoms with Gasteiger partial charge in [-0.3, -0.25) is 9.59 Å². The highest BCUT2D eigenvalue weighted by Gasteiger charge is 2.37. The lowest BCUT2D eigenvalue weighted by Gasteiger charge is -2.30. The molecule has 0 aliphatic heterocycles. The minimum absolute atomic E-state index is 0.257. The predicted octanol–water partition coefficient (Wildman–Crippen LogP) is 5.65. The average Bonchev–Trinajstić information content (AvgIpc) is 2.75. The fourth-order valence-corrected chi connectivity index (χ4v) is 3.67. The van der Waals surface area contributed by atoms with Crippen molar-refractivity contribution in [2.24, 2.45) is 11.8 Å². The van der Waals surface area contributed by atoms with Crippen molar-refractivity contribution in [2.75, 3.05) is 7.11 Å². The summed E-state index contributed by atoms with van der Waals surface area (Å²) in [5, 5.41) is 0.305. The molecule has 0 radical (unpaired) electrons. The molecule has 0 amide bonds. The van der Waals surface area contributed by atoms with E-state index < -0.39 is 35.9 Å². The topological polar surface area (TPSA) is 52.6 Å². The molecule has 2 aromatic carbocycles. The fourth-order valence-electron chi connectivity index (χ4n) is 3.46. The molecule has 0 aromatic heterocycles. The molecule has 1 aliphatic rings. The quantitative estimate of drug-likeness (QED) is 0.404. The Bertz CT molecular complexity index is 998. The number of allylic oxidation sites excluding steroid dienone is 3. The zero-order valence-corrected chi connectivity index (χ0v) is 17.1. The molecular weight excluding hydrogens is 433 g/mol. The van der Waals surface area contributed by atoms with Crippen LogP contribution in [0.15, 0.2) is 77.9 Å². The second-order valence-corrected chi connectivity index (χ2v) is 7.28. The fraction of sp³-hybridized carbons (Fsp3) is 0.217. The van der Waals surface area contributed by atoms with Crippen molar-refractivity contribution in [2.45, 2.75) is 12.5 Å². The van der Waals surface area contributed by atoms with Gasteiger partial charge in [0.15, 0.2) is 0 Å². The molecule has 3 unspecified atom stereocenters. The minimum Gasteiger partial charge on any atom is -0.406 e. The molecule has 0 N–H and O–H groups in total. The van der Waals surface area contributed by atoms with Gasteiger partial charge < -0.3 is 9.47 Å². The number of Topliss-reactive ketones (excluding diaryl/α,β-unsaturated/α-hetero) is 2. The standard InChI is InChI=1S/C23H18ClF3O4/c1-30-22(15-7-10-17(11-8-15)31-23(25,26)27)18-12-9-16(24)13-19(18)21(29)20(28)14-5-3-2-4-6-14/h2-13,18-19,22H,1H3. The van der Waals surface area contributed by atoms with Gasteiger partial charge in [-0.25, -0.2) is 0 Å². The SMILES string of the molecule is COC(c1ccc(OC(F)(F)F)cc1)C1C=CC(Cl)=CC1C(=O)C(=O)c1ccccc1. The molecule has 1 aliphatic carbocycles. The van der Waals surface area contributed by atoms with Crippen LogP contribution < -0.4 is 4.74 Å². The molecule has 4 nitrogen and oxygen atoms in total. The van der Waals surface area contributed by atoms with Gasteiger partial charge in [-0.2, -0.15) is 0 Å². The van der Waals surface area contributed by atoms with Crippen LogP contribution in [0.1, 0.15) is 22.0 Å². The summed E-state index contributed by atoms with van der Waals surface area (Å²) in [5.41, 5.74) is 0.774. The van der Waals surface area contributed by atoms with Crippen LogP contribution in [0.4, 0.5) is 13.2 Å². The van der Waals surface area contributed by atoms with Crippen molar-refractivity contribution in [3.8, 4) is 5.75 Å². The second-order valence-electron chi connectivity index (χ2n) is 6.85.